The second-order valence-corrected chi connectivity index (χ2v) is 5.55. The van der Waals surface area contributed by atoms with E-state index >= 15 is 0 Å². The monoisotopic (exact) mass is 298 g/mol. The molecule has 18 heavy (non-hydrogen) atoms. The minimum Gasteiger partial charge on any atom is -0.316 e. The van der Waals surface area contributed by atoms with Gasteiger partial charge in [0, 0.05) is 17.6 Å². The first kappa shape index (κ1) is 13.7. The number of hydrogen-bond acceptors (Lipinski definition) is 3. The molecular formula is C13H12Cl2N2S. The van der Waals surface area contributed by atoms with Crippen LogP contribution in [0.5, 0.6) is 0 Å². The van der Waals surface area contributed by atoms with E-state index in [1.54, 1.807) is 24.0 Å². The molecule has 0 aliphatic carbocycles. The number of rotatable bonds is 4. The summed E-state index contributed by atoms with van der Waals surface area (Å²) >= 11 is 13.5. The number of pyridine rings is 1. The summed E-state index contributed by atoms with van der Waals surface area (Å²) in [6.45, 7) is 0.789. The summed E-state index contributed by atoms with van der Waals surface area (Å²) in [4.78, 5) is 5.42. The molecule has 1 aromatic heterocycles. The predicted molar refractivity (Wildman–Crippen MR) is 77.6 cm³/mol. The Morgan fingerprint density at radius 2 is 2.06 bits per heavy atom. The van der Waals surface area contributed by atoms with E-state index in [0.29, 0.717) is 10.0 Å². The molecule has 2 aromatic rings. The third kappa shape index (κ3) is 3.39. The van der Waals surface area contributed by atoms with Gasteiger partial charge in [0.2, 0.25) is 0 Å². The van der Waals surface area contributed by atoms with Crippen molar-refractivity contribution in [3.05, 3.63) is 52.1 Å². The highest BCUT2D eigenvalue weighted by atomic mass is 35.5. The van der Waals surface area contributed by atoms with Gasteiger partial charge in [-0.3, -0.25) is 0 Å². The number of halogens is 2. The van der Waals surface area contributed by atoms with Crippen LogP contribution < -0.4 is 5.32 Å². The normalized spacial score (nSPS) is 10.6. The molecule has 0 bridgehead atoms. The zero-order chi connectivity index (χ0) is 13.0. The van der Waals surface area contributed by atoms with Crippen molar-refractivity contribution in [2.45, 2.75) is 16.5 Å². The van der Waals surface area contributed by atoms with E-state index < -0.39 is 0 Å². The molecule has 0 radical (unpaired) electrons. The molecule has 0 atom stereocenters. The molecular weight excluding hydrogens is 287 g/mol. The van der Waals surface area contributed by atoms with Crippen LogP contribution in [0.4, 0.5) is 0 Å². The maximum Gasteiger partial charge on any atom is 0.105 e. The number of benzene rings is 1. The van der Waals surface area contributed by atoms with Gasteiger partial charge in [-0.25, -0.2) is 4.98 Å². The Hall–Kier alpha value is -0.740. The van der Waals surface area contributed by atoms with E-state index in [0.717, 1.165) is 22.0 Å². The lowest BCUT2D eigenvalue weighted by Crippen LogP contribution is -2.06. The van der Waals surface area contributed by atoms with Gasteiger partial charge in [0.1, 0.15) is 5.03 Å². The lowest BCUT2D eigenvalue weighted by Gasteiger charge is -2.08. The van der Waals surface area contributed by atoms with E-state index in [4.69, 9.17) is 23.2 Å². The van der Waals surface area contributed by atoms with Gasteiger partial charge in [0.25, 0.3) is 0 Å². The van der Waals surface area contributed by atoms with Gasteiger partial charge >= 0.3 is 0 Å². The third-order valence-electron chi connectivity index (χ3n) is 2.32. The van der Waals surface area contributed by atoms with E-state index in [9.17, 15) is 0 Å². The number of hydrogen-bond donors (Lipinski definition) is 1. The van der Waals surface area contributed by atoms with Crippen molar-refractivity contribution in [1.29, 1.82) is 0 Å². The molecule has 0 saturated heterocycles. The van der Waals surface area contributed by atoms with Gasteiger partial charge in [0.15, 0.2) is 0 Å². The average Bonchev–Trinajstić information content (AvgIpc) is 2.37. The Balaban J connectivity index is 2.25. The van der Waals surface area contributed by atoms with Gasteiger partial charge in [-0.15, -0.1) is 0 Å². The van der Waals surface area contributed by atoms with Crippen LogP contribution in [0.1, 0.15) is 5.56 Å². The summed E-state index contributed by atoms with van der Waals surface area (Å²) < 4.78 is 0. The van der Waals surface area contributed by atoms with Crippen molar-refractivity contribution in [1.82, 2.24) is 10.3 Å². The van der Waals surface area contributed by atoms with Crippen molar-refractivity contribution < 1.29 is 0 Å². The van der Waals surface area contributed by atoms with Crippen LogP contribution in [-0.4, -0.2) is 12.0 Å². The van der Waals surface area contributed by atoms with Crippen LogP contribution in [0.15, 0.2) is 46.5 Å². The molecule has 0 unspecified atom stereocenters. The minimum atomic E-state index is 0.563. The summed E-state index contributed by atoms with van der Waals surface area (Å²) in [5.41, 5.74) is 1.16. The summed E-state index contributed by atoms with van der Waals surface area (Å²) in [5.74, 6) is 0. The highest BCUT2D eigenvalue weighted by Gasteiger charge is 2.06. The predicted octanol–water partition coefficient (Wildman–Crippen LogP) is 4.26. The molecule has 1 N–H and O–H groups in total. The first-order valence-electron chi connectivity index (χ1n) is 5.42. The van der Waals surface area contributed by atoms with Crippen LogP contribution in [0.25, 0.3) is 0 Å². The number of nitrogens with zero attached hydrogens (tertiary/aromatic N) is 1. The number of aromatic nitrogens is 1. The molecule has 0 aliphatic heterocycles. The first-order valence-corrected chi connectivity index (χ1v) is 6.99. The molecule has 5 heteroatoms. The average molecular weight is 299 g/mol. The molecule has 2 nitrogen and oxygen atoms in total. The fourth-order valence-electron chi connectivity index (χ4n) is 1.49. The van der Waals surface area contributed by atoms with Gasteiger partial charge in [-0.2, -0.15) is 0 Å². The van der Waals surface area contributed by atoms with Crippen molar-refractivity contribution in [3.63, 3.8) is 0 Å². The molecule has 2 rings (SSSR count). The van der Waals surface area contributed by atoms with Crippen molar-refractivity contribution in [2.75, 3.05) is 7.05 Å². The van der Waals surface area contributed by atoms with E-state index in [2.05, 4.69) is 16.4 Å². The van der Waals surface area contributed by atoms with Crippen LogP contribution in [0, 0.1) is 0 Å². The SMILES string of the molecule is CNCc1cccnc1Sc1ccc(Cl)c(Cl)c1. The maximum absolute atomic E-state index is 6.00. The molecule has 1 aromatic carbocycles. The fraction of sp³-hybridized carbons (Fsp3) is 0.154. The molecule has 94 valence electrons. The largest absolute Gasteiger partial charge is 0.316 e. The summed E-state index contributed by atoms with van der Waals surface area (Å²) in [6, 6.07) is 9.59. The standard InChI is InChI=1S/C13H12Cl2N2S/c1-16-8-9-3-2-6-17-13(9)18-10-4-5-11(14)12(15)7-10/h2-7,16H,8H2,1H3. The highest BCUT2D eigenvalue weighted by Crippen LogP contribution is 2.32. The van der Waals surface area contributed by atoms with Crippen LogP contribution >= 0.6 is 35.0 Å². The van der Waals surface area contributed by atoms with Crippen molar-refractivity contribution in [3.8, 4) is 0 Å². The lowest BCUT2D eigenvalue weighted by atomic mass is 10.3. The van der Waals surface area contributed by atoms with Gasteiger partial charge < -0.3 is 5.32 Å². The van der Waals surface area contributed by atoms with Crippen molar-refractivity contribution in [2.24, 2.45) is 0 Å². The second-order valence-electron chi connectivity index (χ2n) is 3.68. The van der Waals surface area contributed by atoms with Crippen LogP contribution in [0.2, 0.25) is 10.0 Å². The Morgan fingerprint density at radius 1 is 1.22 bits per heavy atom. The Kier molecular flexibility index (Phi) is 4.89. The first-order chi connectivity index (χ1) is 8.70. The van der Waals surface area contributed by atoms with Crippen LogP contribution in [-0.2, 0) is 6.54 Å². The summed E-state index contributed by atoms with van der Waals surface area (Å²) in [5, 5.41) is 5.24. The third-order valence-corrected chi connectivity index (χ3v) is 4.11. The van der Waals surface area contributed by atoms with Crippen LogP contribution in [0.3, 0.4) is 0 Å². The zero-order valence-corrected chi connectivity index (χ0v) is 12.1. The molecule has 0 amide bonds. The summed E-state index contributed by atoms with van der Waals surface area (Å²) in [7, 11) is 1.92. The number of nitrogens with one attached hydrogen (secondary N) is 1. The van der Waals surface area contributed by atoms with Crippen molar-refractivity contribution >= 4 is 35.0 Å². The molecule has 0 spiro atoms. The zero-order valence-electron chi connectivity index (χ0n) is 9.78. The Labute approximate surface area is 121 Å². The molecule has 0 fully saturated rings. The maximum atomic E-state index is 6.00. The topological polar surface area (TPSA) is 24.9 Å². The molecule has 0 aliphatic rings. The van der Waals surface area contributed by atoms with E-state index in [1.807, 2.05) is 25.2 Å². The Bertz CT molecular complexity index is 546. The van der Waals surface area contributed by atoms with Gasteiger partial charge in [-0.05, 0) is 36.9 Å². The van der Waals surface area contributed by atoms with E-state index in [1.165, 1.54) is 0 Å². The summed E-state index contributed by atoms with van der Waals surface area (Å²) in [6.07, 6.45) is 1.79. The minimum absolute atomic E-state index is 0.563. The smallest absolute Gasteiger partial charge is 0.105 e. The van der Waals surface area contributed by atoms with Gasteiger partial charge in [-0.1, -0.05) is 41.0 Å². The fourth-order valence-corrected chi connectivity index (χ4v) is 2.78. The molecule has 0 saturated carbocycles. The second kappa shape index (κ2) is 6.43. The Morgan fingerprint density at radius 3 is 2.78 bits per heavy atom. The quantitative estimate of drug-likeness (QED) is 0.913. The lowest BCUT2D eigenvalue weighted by molar-refractivity contribution is 0.790. The molecule has 1 heterocycles. The van der Waals surface area contributed by atoms with Gasteiger partial charge in [0.05, 0.1) is 10.0 Å². The van der Waals surface area contributed by atoms with E-state index in [-0.39, 0.29) is 0 Å². The highest BCUT2D eigenvalue weighted by molar-refractivity contribution is 7.99.